The third kappa shape index (κ3) is 5.09. The monoisotopic (exact) mass is 358 g/mol. The first kappa shape index (κ1) is 15.8. The fraction of sp³-hybridized carbons (Fsp3) is 0.667. The van der Waals surface area contributed by atoms with Crippen LogP contribution in [-0.2, 0) is 6.54 Å². The molecule has 0 aliphatic heterocycles. The first-order chi connectivity index (χ1) is 9.65. The van der Waals surface area contributed by atoms with E-state index in [9.17, 15) is 4.79 Å². The molecule has 2 rings (SSSR count). The number of carbonyl (C=O) groups is 1. The van der Waals surface area contributed by atoms with Gasteiger partial charge in [0.15, 0.2) is 0 Å². The number of thiophene rings is 1. The molecule has 0 unspecified atom stereocenters. The molecule has 3 nitrogen and oxygen atoms in total. The first-order valence-corrected chi connectivity index (χ1v) is 8.99. The van der Waals surface area contributed by atoms with Gasteiger partial charge >= 0.3 is 6.03 Å². The minimum atomic E-state index is 0.0287. The molecular weight excluding hydrogens is 336 g/mol. The van der Waals surface area contributed by atoms with E-state index in [0.717, 1.165) is 22.7 Å². The molecular formula is C15H23BrN2OS. The second kappa shape index (κ2) is 8.03. The Morgan fingerprint density at radius 1 is 1.45 bits per heavy atom. The lowest BCUT2D eigenvalue weighted by molar-refractivity contribution is 0.207. The van der Waals surface area contributed by atoms with E-state index in [4.69, 9.17) is 0 Å². The largest absolute Gasteiger partial charge is 0.338 e. The highest BCUT2D eigenvalue weighted by Crippen LogP contribution is 2.28. The molecule has 0 atom stereocenters. The quantitative estimate of drug-likeness (QED) is 0.739. The number of carbonyl (C=O) groups excluding carboxylic acids is 1. The summed E-state index contributed by atoms with van der Waals surface area (Å²) in [4.78, 5) is 14.9. The van der Waals surface area contributed by atoms with Gasteiger partial charge in [0.2, 0.25) is 0 Å². The van der Waals surface area contributed by atoms with E-state index < -0.39 is 0 Å². The molecule has 5 heteroatoms. The highest BCUT2D eigenvalue weighted by molar-refractivity contribution is 9.11. The van der Waals surface area contributed by atoms with Gasteiger partial charge in [-0.1, -0.05) is 25.7 Å². The molecule has 1 aliphatic rings. The zero-order valence-corrected chi connectivity index (χ0v) is 14.4. The number of nitrogens with zero attached hydrogens (tertiary/aromatic N) is 1. The van der Waals surface area contributed by atoms with Crippen LogP contribution in [0.5, 0.6) is 0 Å². The van der Waals surface area contributed by atoms with Crippen molar-refractivity contribution < 1.29 is 4.79 Å². The number of hydrogen-bond donors (Lipinski definition) is 1. The maximum atomic E-state index is 12.0. The van der Waals surface area contributed by atoms with Crippen molar-refractivity contribution >= 4 is 33.3 Å². The summed E-state index contributed by atoms with van der Waals surface area (Å²) in [5, 5.41) is 3.01. The summed E-state index contributed by atoms with van der Waals surface area (Å²) < 4.78 is 1.11. The van der Waals surface area contributed by atoms with Gasteiger partial charge in [-0.05, 0) is 46.8 Å². The molecule has 0 aromatic carbocycles. The van der Waals surface area contributed by atoms with Gasteiger partial charge in [0, 0.05) is 18.5 Å². The van der Waals surface area contributed by atoms with E-state index in [1.54, 1.807) is 16.2 Å². The molecule has 0 radical (unpaired) electrons. The fourth-order valence-electron chi connectivity index (χ4n) is 2.76. The average molecular weight is 359 g/mol. The zero-order chi connectivity index (χ0) is 14.4. The summed E-state index contributed by atoms with van der Waals surface area (Å²) >= 11 is 5.12. The van der Waals surface area contributed by atoms with Crippen LogP contribution >= 0.6 is 27.3 Å². The number of urea groups is 1. The topological polar surface area (TPSA) is 32.3 Å². The van der Waals surface area contributed by atoms with Crippen LogP contribution in [0.3, 0.4) is 0 Å². The summed E-state index contributed by atoms with van der Waals surface area (Å²) in [5.74, 6) is 0.910. The van der Waals surface area contributed by atoms with Crippen LogP contribution in [0, 0.1) is 5.92 Å². The Morgan fingerprint density at radius 2 is 2.20 bits per heavy atom. The highest BCUT2D eigenvalue weighted by Gasteiger charge is 2.14. The normalized spacial score (nSPS) is 15.5. The van der Waals surface area contributed by atoms with Gasteiger partial charge in [0.05, 0.1) is 10.3 Å². The SMILES string of the molecule is CN(Cc1ccc(Br)s1)C(=O)NCCCC1CCCC1. The molecule has 0 bridgehead atoms. The number of halogens is 1. The summed E-state index contributed by atoms with van der Waals surface area (Å²) in [6.07, 6.45) is 7.95. The van der Waals surface area contributed by atoms with Crippen LogP contribution < -0.4 is 5.32 Å². The van der Waals surface area contributed by atoms with Crippen LogP contribution in [0.2, 0.25) is 0 Å². The highest BCUT2D eigenvalue weighted by atomic mass is 79.9. The predicted octanol–water partition coefficient (Wildman–Crippen LogP) is 4.62. The van der Waals surface area contributed by atoms with Crippen molar-refractivity contribution in [2.75, 3.05) is 13.6 Å². The van der Waals surface area contributed by atoms with Gasteiger partial charge in [0.25, 0.3) is 0 Å². The molecule has 1 saturated carbocycles. The van der Waals surface area contributed by atoms with E-state index in [1.807, 2.05) is 13.1 Å². The van der Waals surface area contributed by atoms with Gasteiger partial charge in [-0.3, -0.25) is 0 Å². The Balaban J connectivity index is 1.61. The van der Waals surface area contributed by atoms with Crippen LogP contribution in [0.1, 0.15) is 43.4 Å². The minimum Gasteiger partial charge on any atom is -0.338 e. The minimum absolute atomic E-state index is 0.0287. The standard InChI is InChI=1S/C15H23BrN2OS/c1-18(11-13-8-9-14(16)20-13)15(19)17-10-4-7-12-5-2-3-6-12/h8-9,12H,2-7,10-11H2,1H3,(H,17,19). The van der Waals surface area contributed by atoms with Gasteiger partial charge in [-0.2, -0.15) is 0 Å². The Labute approximate surface area is 133 Å². The van der Waals surface area contributed by atoms with E-state index in [-0.39, 0.29) is 6.03 Å². The summed E-state index contributed by atoms with van der Waals surface area (Å²) in [7, 11) is 1.85. The predicted molar refractivity (Wildman–Crippen MR) is 88.1 cm³/mol. The zero-order valence-electron chi connectivity index (χ0n) is 12.0. The van der Waals surface area contributed by atoms with E-state index in [1.165, 1.54) is 37.0 Å². The maximum Gasteiger partial charge on any atom is 0.317 e. The Kier molecular flexibility index (Phi) is 6.36. The number of amides is 2. The lowest BCUT2D eigenvalue weighted by Gasteiger charge is -2.17. The van der Waals surface area contributed by atoms with E-state index in [0.29, 0.717) is 6.54 Å². The molecule has 1 fully saturated rings. The number of rotatable bonds is 6. The van der Waals surface area contributed by atoms with Crippen LogP contribution in [0.15, 0.2) is 15.9 Å². The average Bonchev–Trinajstić information content (AvgIpc) is 3.06. The van der Waals surface area contributed by atoms with Gasteiger partial charge in [-0.25, -0.2) is 4.79 Å². The number of nitrogens with one attached hydrogen (secondary N) is 1. The Hall–Kier alpha value is -0.550. The maximum absolute atomic E-state index is 12.0. The van der Waals surface area contributed by atoms with Crippen molar-refractivity contribution in [2.24, 2.45) is 5.92 Å². The molecule has 1 N–H and O–H groups in total. The molecule has 1 aliphatic carbocycles. The van der Waals surface area contributed by atoms with Crippen molar-refractivity contribution in [3.8, 4) is 0 Å². The molecule has 1 aromatic rings. The lowest BCUT2D eigenvalue weighted by Crippen LogP contribution is -2.37. The number of hydrogen-bond acceptors (Lipinski definition) is 2. The van der Waals surface area contributed by atoms with Gasteiger partial charge in [0.1, 0.15) is 0 Å². The third-order valence-electron chi connectivity index (χ3n) is 3.91. The van der Waals surface area contributed by atoms with Gasteiger partial charge < -0.3 is 10.2 Å². The Bertz CT molecular complexity index is 429. The second-order valence-corrected chi connectivity index (χ2v) is 8.13. The molecule has 20 heavy (non-hydrogen) atoms. The smallest absolute Gasteiger partial charge is 0.317 e. The molecule has 0 saturated heterocycles. The second-order valence-electron chi connectivity index (χ2n) is 5.59. The van der Waals surface area contributed by atoms with Crippen molar-refractivity contribution in [3.05, 3.63) is 20.8 Å². The van der Waals surface area contributed by atoms with Crippen molar-refractivity contribution in [2.45, 2.75) is 45.1 Å². The summed E-state index contributed by atoms with van der Waals surface area (Å²) in [6, 6.07) is 4.10. The van der Waals surface area contributed by atoms with E-state index >= 15 is 0 Å². The fourth-order valence-corrected chi connectivity index (χ4v) is 4.30. The van der Waals surface area contributed by atoms with Crippen LogP contribution in [0.25, 0.3) is 0 Å². The molecule has 0 spiro atoms. The van der Waals surface area contributed by atoms with Crippen molar-refractivity contribution in [3.63, 3.8) is 0 Å². The molecule has 112 valence electrons. The summed E-state index contributed by atoms with van der Waals surface area (Å²) in [6.45, 7) is 1.47. The lowest BCUT2D eigenvalue weighted by atomic mass is 10.0. The van der Waals surface area contributed by atoms with Crippen molar-refractivity contribution in [1.29, 1.82) is 0 Å². The van der Waals surface area contributed by atoms with Crippen molar-refractivity contribution in [1.82, 2.24) is 10.2 Å². The summed E-state index contributed by atoms with van der Waals surface area (Å²) in [5.41, 5.74) is 0. The third-order valence-corrected chi connectivity index (χ3v) is 5.52. The molecule has 2 amide bonds. The first-order valence-electron chi connectivity index (χ1n) is 7.38. The molecule has 1 aromatic heterocycles. The van der Waals surface area contributed by atoms with E-state index in [2.05, 4.69) is 27.3 Å². The van der Waals surface area contributed by atoms with Crippen LogP contribution in [-0.4, -0.2) is 24.5 Å². The van der Waals surface area contributed by atoms with Gasteiger partial charge in [-0.15, -0.1) is 11.3 Å². The molecule has 1 heterocycles. The Morgan fingerprint density at radius 3 is 2.85 bits per heavy atom. The van der Waals surface area contributed by atoms with Crippen LogP contribution in [0.4, 0.5) is 4.79 Å².